The molecule has 4 heteroatoms. The Kier molecular flexibility index (Phi) is 11.9. The lowest BCUT2D eigenvalue weighted by Crippen LogP contribution is -2.28. The normalized spacial score (nSPS) is 13.0. The summed E-state index contributed by atoms with van der Waals surface area (Å²) in [6.45, 7) is 0. The summed E-state index contributed by atoms with van der Waals surface area (Å²) in [4.78, 5) is 0. The van der Waals surface area contributed by atoms with E-state index in [4.69, 9.17) is 0 Å². The Balaban J connectivity index is 0.000000148. The van der Waals surface area contributed by atoms with Gasteiger partial charge in [0.2, 0.25) is 0 Å². The lowest BCUT2D eigenvalue weighted by molar-refractivity contribution is 0.473. The van der Waals surface area contributed by atoms with Gasteiger partial charge < -0.3 is 20.4 Å². The van der Waals surface area contributed by atoms with Crippen molar-refractivity contribution in [2.75, 3.05) is 0 Å². The van der Waals surface area contributed by atoms with Crippen LogP contribution >= 0.6 is 0 Å². The van der Waals surface area contributed by atoms with E-state index in [0.717, 1.165) is 44.5 Å². The number of fused-ring (bicyclic) bond motifs is 6. The molecule has 0 amide bonds. The molecule has 2 aliphatic rings. The van der Waals surface area contributed by atoms with Crippen molar-refractivity contribution >= 4 is 0 Å². The maximum atomic E-state index is 10.2. The average Bonchev–Trinajstić information content (AvgIpc) is 4.21. The summed E-state index contributed by atoms with van der Waals surface area (Å²) in [5.41, 5.74) is 21.8. The van der Waals surface area contributed by atoms with Crippen LogP contribution in [0, 0.1) is 0 Å². The molecule has 0 fully saturated rings. The van der Waals surface area contributed by atoms with Gasteiger partial charge in [-0.2, -0.15) is 0 Å². The number of phenols is 4. The van der Waals surface area contributed by atoms with E-state index in [2.05, 4.69) is 170 Å². The monoisotopic (exact) mass is 1000 g/mol. The van der Waals surface area contributed by atoms with Crippen LogP contribution in [0.15, 0.2) is 291 Å². The van der Waals surface area contributed by atoms with Crippen LogP contribution in [0.2, 0.25) is 0 Å². The summed E-state index contributed by atoms with van der Waals surface area (Å²) in [7, 11) is 0. The number of phenolic OH excluding ortho intramolecular Hbond substituents is 4. The van der Waals surface area contributed by atoms with Crippen LogP contribution in [0.25, 0.3) is 66.8 Å². The predicted molar refractivity (Wildman–Crippen MR) is 316 cm³/mol. The van der Waals surface area contributed by atoms with Gasteiger partial charge in [0.15, 0.2) is 0 Å². The minimum absolute atomic E-state index is 0.231. The molecule has 0 saturated heterocycles. The molecule has 4 N–H and O–H groups in total. The number of aromatic hydroxyl groups is 4. The van der Waals surface area contributed by atoms with Crippen molar-refractivity contribution in [3.05, 3.63) is 336 Å². The number of hydrogen-bond donors (Lipinski definition) is 4. The van der Waals surface area contributed by atoms with Crippen molar-refractivity contribution in [3.8, 4) is 89.8 Å². The van der Waals surface area contributed by atoms with Crippen LogP contribution in [0.1, 0.15) is 44.5 Å². The summed E-state index contributed by atoms with van der Waals surface area (Å²) in [6.07, 6.45) is 0. The summed E-state index contributed by atoms with van der Waals surface area (Å²) in [5, 5.41) is 40.8. The van der Waals surface area contributed by atoms with Crippen molar-refractivity contribution in [2.24, 2.45) is 0 Å². The van der Waals surface area contributed by atoms with E-state index in [9.17, 15) is 20.4 Å². The minimum atomic E-state index is -0.651. The van der Waals surface area contributed by atoms with Crippen molar-refractivity contribution in [1.82, 2.24) is 0 Å². The molecule has 0 heterocycles. The second-order valence-electron chi connectivity index (χ2n) is 20.1. The Hall–Kier alpha value is -10.2. The van der Waals surface area contributed by atoms with Crippen LogP contribution in [0.3, 0.4) is 0 Å². The highest BCUT2D eigenvalue weighted by Crippen LogP contribution is 2.61. The van der Waals surface area contributed by atoms with Gasteiger partial charge in [0, 0.05) is 0 Å². The zero-order chi connectivity index (χ0) is 52.8. The van der Waals surface area contributed by atoms with Crippen LogP contribution in [0.5, 0.6) is 23.0 Å². The average molecular weight is 1010 g/mol. The predicted octanol–water partition coefficient (Wildman–Crippen LogP) is 17.6. The highest BCUT2D eigenvalue weighted by Gasteiger charge is 2.49. The molecule has 0 spiro atoms. The fourth-order valence-corrected chi connectivity index (χ4v) is 12.5. The second-order valence-corrected chi connectivity index (χ2v) is 20.1. The van der Waals surface area contributed by atoms with E-state index in [1.165, 1.54) is 66.8 Å². The molecule has 78 heavy (non-hydrogen) atoms. The number of benzene rings is 12. The highest BCUT2D eigenvalue weighted by molar-refractivity contribution is 6.02. The lowest BCUT2D eigenvalue weighted by Gasteiger charge is -2.34. The molecular formula is C74H52O4. The molecule has 2 aliphatic carbocycles. The van der Waals surface area contributed by atoms with Crippen molar-refractivity contribution in [2.45, 2.75) is 10.8 Å². The standard InChI is InChI=1S/2C37H26O2/c38-29-21-17-27(18-22-29)37(28-19-23-30(39)24-20-28)33-15-7-13-31(25-9-3-1-4-10-25)35(33)36-32(14-8-16-34(36)37)26-11-5-2-6-12-26;38-31-17-13-29(14-18-31)37(30-15-19-32(39)20-16-30)35-21-11-27(25-7-3-1-4-8-25)23-33(35)34-24-28(12-22-36(34)37)26-9-5-2-6-10-26/h2*1-24,38-39H. The third kappa shape index (κ3) is 7.85. The molecule has 0 saturated carbocycles. The smallest absolute Gasteiger partial charge is 0.115 e. The zero-order valence-corrected chi connectivity index (χ0v) is 42.5. The van der Waals surface area contributed by atoms with E-state index < -0.39 is 10.8 Å². The van der Waals surface area contributed by atoms with Gasteiger partial charge >= 0.3 is 0 Å². The molecule has 372 valence electrons. The third-order valence-corrected chi connectivity index (χ3v) is 15.9. The first-order valence-corrected chi connectivity index (χ1v) is 26.3. The van der Waals surface area contributed by atoms with Gasteiger partial charge in [-0.1, -0.05) is 231 Å². The number of hydrogen-bond acceptors (Lipinski definition) is 4. The molecular weight excluding hydrogens is 953 g/mol. The van der Waals surface area contributed by atoms with Gasteiger partial charge in [-0.15, -0.1) is 0 Å². The fourth-order valence-electron chi connectivity index (χ4n) is 12.5. The van der Waals surface area contributed by atoms with E-state index in [1.807, 2.05) is 72.8 Å². The molecule has 0 unspecified atom stereocenters. The zero-order valence-electron chi connectivity index (χ0n) is 42.5. The van der Waals surface area contributed by atoms with Crippen LogP contribution in [0.4, 0.5) is 0 Å². The van der Waals surface area contributed by atoms with E-state index in [0.29, 0.717) is 0 Å². The molecule has 0 atom stereocenters. The molecule has 14 rings (SSSR count). The first-order valence-electron chi connectivity index (χ1n) is 26.3. The first-order chi connectivity index (χ1) is 38.3. The molecule has 0 radical (unpaired) electrons. The van der Waals surface area contributed by atoms with Crippen LogP contribution < -0.4 is 0 Å². The highest BCUT2D eigenvalue weighted by atomic mass is 16.3. The molecule has 4 nitrogen and oxygen atoms in total. The van der Waals surface area contributed by atoms with Gasteiger partial charge in [0.25, 0.3) is 0 Å². The Morgan fingerprint density at radius 2 is 0.474 bits per heavy atom. The second kappa shape index (κ2) is 19.5. The van der Waals surface area contributed by atoms with Gasteiger partial charge in [-0.05, 0) is 172 Å². The van der Waals surface area contributed by atoms with Crippen LogP contribution in [-0.2, 0) is 10.8 Å². The van der Waals surface area contributed by atoms with Gasteiger partial charge in [-0.3, -0.25) is 0 Å². The fraction of sp³-hybridized carbons (Fsp3) is 0.0270. The molecule has 0 aromatic heterocycles. The van der Waals surface area contributed by atoms with Crippen molar-refractivity contribution in [3.63, 3.8) is 0 Å². The third-order valence-electron chi connectivity index (χ3n) is 15.9. The summed E-state index contributed by atoms with van der Waals surface area (Å²) in [5.74, 6) is 0.928. The Bertz CT molecular complexity index is 3840. The maximum Gasteiger partial charge on any atom is 0.115 e. The summed E-state index contributed by atoms with van der Waals surface area (Å²) >= 11 is 0. The maximum absolute atomic E-state index is 10.2. The minimum Gasteiger partial charge on any atom is -0.508 e. The molecule has 12 aromatic carbocycles. The SMILES string of the molecule is Oc1ccc(C2(c3ccc(O)cc3)c3ccc(-c4ccccc4)cc3-c3cc(-c4ccccc4)ccc32)cc1.Oc1ccc(C2(c3ccc(O)cc3)c3cccc(-c4ccccc4)c3-c3c(-c4ccccc4)cccc32)cc1. The van der Waals surface area contributed by atoms with E-state index >= 15 is 0 Å². The van der Waals surface area contributed by atoms with Crippen LogP contribution in [-0.4, -0.2) is 20.4 Å². The first kappa shape index (κ1) is 47.5. The van der Waals surface area contributed by atoms with Gasteiger partial charge in [0.05, 0.1) is 10.8 Å². The van der Waals surface area contributed by atoms with E-state index in [1.54, 1.807) is 48.5 Å². The Labute approximate surface area is 454 Å². The quantitative estimate of drug-likeness (QED) is 0.122. The molecule has 0 aliphatic heterocycles. The Morgan fingerprint density at radius 1 is 0.192 bits per heavy atom. The van der Waals surface area contributed by atoms with Gasteiger partial charge in [-0.25, -0.2) is 0 Å². The van der Waals surface area contributed by atoms with E-state index in [-0.39, 0.29) is 23.0 Å². The van der Waals surface area contributed by atoms with Crippen molar-refractivity contribution in [1.29, 1.82) is 0 Å². The van der Waals surface area contributed by atoms with Gasteiger partial charge in [0.1, 0.15) is 23.0 Å². The topological polar surface area (TPSA) is 80.9 Å². The number of rotatable bonds is 8. The molecule has 0 bridgehead atoms. The van der Waals surface area contributed by atoms with Crippen molar-refractivity contribution < 1.29 is 20.4 Å². The summed E-state index contributed by atoms with van der Waals surface area (Å²) < 4.78 is 0. The largest absolute Gasteiger partial charge is 0.508 e. The lowest BCUT2D eigenvalue weighted by atomic mass is 9.67. The molecule has 12 aromatic rings. The Morgan fingerprint density at radius 3 is 0.782 bits per heavy atom. The summed E-state index contributed by atoms with van der Waals surface area (Å²) in [6, 6.07) is 98.9.